The van der Waals surface area contributed by atoms with Crippen LogP contribution in [-0.4, -0.2) is 24.2 Å². The van der Waals surface area contributed by atoms with Crippen molar-refractivity contribution in [3.8, 4) is 0 Å². The molecule has 1 unspecified atom stereocenters. The van der Waals surface area contributed by atoms with Crippen molar-refractivity contribution >= 4 is 75.0 Å². The lowest BCUT2D eigenvalue weighted by atomic mass is 9.96. The Morgan fingerprint density at radius 3 is 2.06 bits per heavy atom. The van der Waals surface area contributed by atoms with Crippen molar-refractivity contribution in [3.05, 3.63) is 71.7 Å². The first-order valence-corrected chi connectivity index (χ1v) is 11.7. The zero-order valence-corrected chi connectivity index (χ0v) is 21.9. The molecule has 0 spiro atoms. The summed E-state index contributed by atoms with van der Waals surface area (Å²) in [5.41, 5.74) is 2.84. The summed E-state index contributed by atoms with van der Waals surface area (Å²) in [7, 11) is 0. The molecule has 0 aliphatic heterocycles. The molecule has 0 aliphatic carbocycles. The maximum atomic E-state index is 14.8. The van der Waals surface area contributed by atoms with E-state index in [-0.39, 0.29) is 29.8 Å². The van der Waals surface area contributed by atoms with Crippen LogP contribution in [-0.2, 0) is 4.79 Å². The van der Waals surface area contributed by atoms with E-state index in [1.165, 1.54) is 0 Å². The highest BCUT2D eigenvalue weighted by atomic mass is 127. The summed E-state index contributed by atoms with van der Waals surface area (Å²) in [6, 6.07) is 4.99. The maximum absolute atomic E-state index is 14.8. The van der Waals surface area contributed by atoms with Gasteiger partial charge in [-0.15, -0.1) is 0 Å². The highest BCUT2D eigenvalue weighted by molar-refractivity contribution is 14.1. The van der Waals surface area contributed by atoms with E-state index in [2.05, 4.69) is 0 Å². The second-order valence-electron chi connectivity index (χ2n) is 7.14. The molecule has 2 rings (SSSR count). The van der Waals surface area contributed by atoms with Gasteiger partial charge in [-0.2, -0.15) is 26.3 Å². The van der Waals surface area contributed by atoms with E-state index in [0.717, 1.165) is 30.3 Å². The van der Waals surface area contributed by atoms with Crippen LogP contribution in [0.15, 0.2) is 36.4 Å². The number of alkyl halides is 6. The van der Waals surface area contributed by atoms with Gasteiger partial charge in [-0.25, -0.2) is 4.39 Å². The number of benzene rings is 2. The van der Waals surface area contributed by atoms with Crippen LogP contribution in [0.1, 0.15) is 40.2 Å². The normalized spacial score (nSPS) is 13.4. The molecule has 196 valence electrons. The van der Waals surface area contributed by atoms with Crippen LogP contribution in [0.2, 0.25) is 15.1 Å². The average molecular weight is 692 g/mol. The van der Waals surface area contributed by atoms with Crippen molar-refractivity contribution in [2.45, 2.75) is 31.1 Å². The lowest BCUT2D eigenvalue weighted by molar-refractivity contribution is -0.144. The zero-order valence-electron chi connectivity index (χ0n) is 17.4. The van der Waals surface area contributed by atoms with E-state index in [0.29, 0.717) is 6.08 Å². The molecular formula is C21H13Cl3F7IN2O2. The summed E-state index contributed by atoms with van der Waals surface area (Å²) >= 11 is 19.0. The molecule has 0 heterocycles. The molecule has 1 atom stereocenters. The van der Waals surface area contributed by atoms with Crippen LogP contribution in [0, 0.1) is 3.57 Å². The number of halogens is 11. The van der Waals surface area contributed by atoms with Crippen molar-refractivity contribution in [1.82, 2.24) is 10.9 Å². The summed E-state index contributed by atoms with van der Waals surface area (Å²) < 4.78 is 92.4. The van der Waals surface area contributed by atoms with Crippen LogP contribution in [0.5, 0.6) is 0 Å². The molecule has 0 radical (unpaired) electrons. The predicted molar refractivity (Wildman–Crippen MR) is 129 cm³/mol. The van der Waals surface area contributed by atoms with E-state index in [9.17, 15) is 40.3 Å². The first kappa shape index (κ1) is 30.5. The number of allylic oxidation sites excluding steroid dienone is 1. The Kier molecular flexibility index (Phi) is 10.3. The molecule has 36 heavy (non-hydrogen) atoms. The Balaban J connectivity index is 2.23. The highest BCUT2D eigenvalue weighted by Gasteiger charge is 2.40. The molecule has 0 saturated heterocycles. The van der Waals surface area contributed by atoms with Gasteiger partial charge in [0.1, 0.15) is 11.7 Å². The Morgan fingerprint density at radius 1 is 0.972 bits per heavy atom. The fourth-order valence-corrected chi connectivity index (χ4v) is 4.11. The van der Waals surface area contributed by atoms with Crippen LogP contribution in [0.25, 0.3) is 5.83 Å². The molecular weight excluding hydrogens is 678 g/mol. The van der Waals surface area contributed by atoms with Crippen molar-refractivity contribution in [3.63, 3.8) is 0 Å². The van der Waals surface area contributed by atoms with E-state index < -0.39 is 54.3 Å². The molecule has 4 nitrogen and oxygen atoms in total. The van der Waals surface area contributed by atoms with Gasteiger partial charge in [0, 0.05) is 15.6 Å². The average Bonchev–Trinajstić information content (AvgIpc) is 2.76. The smallest absolute Gasteiger partial charge is 0.273 e. The molecule has 0 aromatic heterocycles. The number of nitrogens with one attached hydrogen (secondary N) is 2. The second-order valence-corrected chi connectivity index (χ2v) is 9.50. The Bertz CT molecular complexity index is 1160. The van der Waals surface area contributed by atoms with Crippen LogP contribution >= 0.6 is 57.4 Å². The Labute approximate surface area is 228 Å². The predicted octanol–water partition coefficient (Wildman–Crippen LogP) is 8.01. The third kappa shape index (κ3) is 8.67. The minimum absolute atomic E-state index is 0.0804. The lowest BCUT2D eigenvalue weighted by Gasteiger charge is -2.19. The number of amides is 2. The molecule has 0 aliphatic rings. The second kappa shape index (κ2) is 12.2. The van der Waals surface area contributed by atoms with Crippen LogP contribution in [0.3, 0.4) is 0 Å². The van der Waals surface area contributed by atoms with E-state index in [1.807, 2.05) is 10.9 Å². The Morgan fingerprint density at radius 2 is 1.56 bits per heavy atom. The van der Waals surface area contributed by atoms with Crippen molar-refractivity contribution in [1.29, 1.82) is 0 Å². The first-order chi connectivity index (χ1) is 16.5. The van der Waals surface area contributed by atoms with E-state index >= 15 is 0 Å². The van der Waals surface area contributed by atoms with Gasteiger partial charge in [-0.05, 0) is 58.5 Å². The van der Waals surface area contributed by atoms with Gasteiger partial charge in [0.25, 0.3) is 5.91 Å². The van der Waals surface area contributed by atoms with Gasteiger partial charge in [0.15, 0.2) is 0 Å². The van der Waals surface area contributed by atoms with Gasteiger partial charge >= 0.3 is 12.4 Å². The molecule has 2 aromatic carbocycles. The zero-order chi connectivity index (χ0) is 27.4. The van der Waals surface area contributed by atoms with Gasteiger partial charge in [0.05, 0.1) is 27.1 Å². The summed E-state index contributed by atoms with van der Waals surface area (Å²) in [6.07, 6.45) is -11.5. The number of carbonyl (C=O) groups is 2. The highest BCUT2D eigenvalue weighted by Crippen LogP contribution is 2.42. The van der Waals surface area contributed by atoms with Crippen LogP contribution < -0.4 is 10.9 Å². The summed E-state index contributed by atoms with van der Waals surface area (Å²) in [4.78, 5) is 23.6. The van der Waals surface area contributed by atoms with Crippen molar-refractivity contribution < 1.29 is 40.3 Å². The minimum atomic E-state index is -4.92. The summed E-state index contributed by atoms with van der Waals surface area (Å²) in [5.74, 6) is -5.74. The van der Waals surface area contributed by atoms with E-state index in [1.54, 1.807) is 22.6 Å². The third-order valence-electron chi connectivity index (χ3n) is 4.47. The number of hydrogen-bond acceptors (Lipinski definition) is 2. The first-order valence-electron chi connectivity index (χ1n) is 9.54. The standard InChI is InChI=1S/C21H13Cl3F7IN2O2/c22-13-5-10(6-14(23)18(13)24)12(21(29,30)31)8-15(25)9-1-2-11(16(32)7-9)19(36)34-33-17(35)3-4-20(26,27)28/h1-2,5-8,12H,3-4H2,(H,33,35)(H,34,36)/b15-8-. The quantitative estimate of drug-likeness (QED) is 0.140. The lowest BCUT2D eigenvalue weighted by Crippen LogP contribution is -2.42. The molecule has 0 bridgehead atoms. The van der Waals surface area contributed by atoms with Gasteiger partial charge < -0.3 is 0 Å². The van der Waals surface area contributed by atoms with Gasteiger partial charge in [0.2, 0.25) is 5.91 Å². The third-order valence-corrected chi connectivity index (χ3v) is 6.56. The largest absolute Gasteiger partial charge is 0.399 e. The van der Waals surface area contributed by atoms with Crippen molar-refractivity contribution in [2.24, 2.45) is 0 Å². The van der Waals surface area contributed by atoms with Gasteiger partial charge in [-0.1, -0.05) is 40.9 Å². The summed E-state index contributed by atoms with van der Waals surface area (Å²) in [5, 5.41) is -0.664. The van der Waals surface area contributed by atoms with Crippen molar-refractivity contribution in [2.75, 3.05) is 0 Å². The molecule has 2 amide bonds. The minimum Gasteiger partial charge on any atom is -0.273 e. The fraction of sp³-hybridized carbons (Fsp3) is 0.238. The topological polar surface area (TPSA) is 58.2 Å². The fourth-order valence-electron chi connectivity index (χ4n) is 2.74. The monoisotopic (exact) mass is 690 g/mol. The molecule has 0 saturated carbocycles. The number of hydrazine groups is 1. The molecule has 2 N–H and O–H groups in total. The maximum Gasteiger partial charge on any atom is 0.399 e. The molecule has 15 heteroatoms. The number of hydrogen-bond donors (Lipinski definition) is 2. The Hall–Kier alpha value is -1.77. The summed E-state index contributed by atoms with van der Waals surface area (Å²) in [6.45, 7) is 0. The van der Waals surface area contributed by atoms with Crippen LogP contribution in [0.4, 0.5) is 30.7 Å². The number of carbonyl (C=O) groups excluding carboxylic acids is 2. The van der Waals surface area contributed by atoms with Gasteiger partial charge in [-0.3, -0.25) is 20.4 Å². The number of rotatable bonds is 6. The molecule has 0 fully saturated rings. The SMILES string of the molecule is O=C(CCC(F)(F)F)NNC(=O)c1ccc(/C(F)=C/C(c2cc(Cl)c(Cl)c(Cl)c2)C(F)(F)F)cc1I. The van der Waals surface area contributed by atoms with E-state index in [4.69, 9.17) is 34.8 Å². The molecule has 2 aromatic rings.